The van der Waals surface area contributed by atoms with E-state index in [0.29, 0.717) is 11.2 Å². The Balaban J connectivity index is 1.76. The second-order valence-electron chi connectivity index (χ2n) is 4.99. The Hall–Kier alpha value is -1.04. The van der Waals surface area contributed by atoms with Crippen molar-refractivity contribution in [1.29, 1.82) is 0 Å². The fourth-order valence-corrected chi connectivity index (χ4v) is 3.78. The minimum absolute atomic E-state index is 0.354. The maximum atomic E-state index is 5.80. The van der Waals surface area contributed by atoms with E-state index in [9.17, 15) is 0 Å². The number of aromatic nitrogens is 3. The van der Waals surface area contributed by atoms with Crippen LogP contribution in [0.15, 0.2) is 5.16 Å². The van der Waals surface area contributed by atoms with Gasteiger partial charge in [0.05, 0.1) is 0 Å². The number of thioether (sulfide) groups is 1. The SMILES string of the molecule is Nc1nc(SC2CCCC2)nc(N2CCCC2)n1. The summed E-state index contributed by atoms with van der Waals surface area (Å²) in [6.45, 7) is 2.08. The first kappa shape index (κ1) is 12.0. The second-order valence-corrected chi connectivity index (χ2v) is 6.26. The molecule has 1 aromatic heterocycles. The highest BCUT2D eigenvalue weighted by Crippen LogP contribution is 2.33. The van der Waals surface area contributed by atoms with Crippen molar-refractivity contribution in [2.45, 2.75) is 48.9 Å². The number of nitrogens with two attached hydrogens (primary N) is 1. The number of anilines is 2. The van der Waals surface area contributed by atoms with Crippen molar-refractivity contribution in [1.82, 2.24) is 15.0 Å². The maximum absolute atomic E-state index is 5.80. The highest BCUT2D eigenvalue weighted by molar-refractivity contribution is 7.99. The number of rotatable bonds is 3. The van der Waals surface area contributed by atoms with Crippen molar-refractivity contribution in [2.75, 3.05) is 23.7 Å². The van der Waals surface area contributed by atoms with E-state index in [1.165, 1.54) is 38.5 Å². The zero-order valence-corrected chi connectivity index (χ0v) is 11.3. The van der Waals surface area contributed by atoms with Crippen molar-refractivity contribution >= 4 is 23.7 Å². The molecule has 1 saturated heterocycles. The molecule has 0 bridgehead atoms. The average Bonchev–Trinajstić information content (AvgIpc) is 3.00. The van der Waals surface area contributed by atoms with Gasteiger partial charge in [-0.15, -0.1) is 0 Å². The fourth-order valence-electron chi connectivity index (χ4n) is 2.63. The molecule has 2 heterocycles. The molecule has 2 fully saturated rings. The van der Waals surface area contributed by atoms with Gasteiger partial charge >= 0.3 is 0 Å². The van der Waals surface area contributed by atoms with Gasteiger partial charge in [-0.05, 0) is 25.7 Å². The van der Waals surface area contributed by atoms with E-state index in [2.05, 4.69) is 19.9 Å². The van der Waals surface area contributed by atoms with Crippen LogP contribution in [-0.2, 0) is 0 Å². The normalized spacial score (nSPS) is 20.8. The van der Waals surface area contributed by atoms with E-state index in [4.69, 9.17) is 5.73 Å². The summed E-state index contributed by atoms with van der Waals surface area (Å²) in [6.07, 6.45) is 7.65. The van der Waals surface area contributed by atoms with Crippen LogP contribution in [0.4, 0.5) is 11.9 Å². The lowest BCUT2D eigenvalue weighted by Gasteiger charge is -2.16. The molecular weight excluding hydrogens is 246 g/mol. The first-order chi connectivity index (χ1) is 8.81. The minimum Gasteiger partial charge on any atom is -0.368 e. The summed E-state index contributed by atoms with van der Waals surface area (Å²) < 4.78 is 0. The standard InChI is InChI=1S/C12H19N5S/c13-10-14-11(17-7-3-4-8-17)16-12(15-10)18-9-5-1-2-6-9/h9H,1-8H2,(H2,13,14,15,16). The molecule has 98 valence electrons. The summed E-state index contributed by atoms with van der Waals surface area (Å²) in [7, 11) is 0. The lowest BCUT2D eigenvalue weighted by atomic mass is 10.4. The van der Waals surface area contributed by atoms with Crippen molar-refractivity contribution < 1.29 is 0 Å². The van der Waals surface area contributed by atoms with E-state index in [0.717, 1.165) is 24.2 Å². The number of hydrogen-bond acceptors (Lipinski definition) is 6. The van der Waals surface area contributed by atoms with E-state index in [-0.39, 0.29) is 0 Å². The van der Waals surface area contributed by atoms with Crippen LogP contribution in [0.3, 0.4) is 0 Å². The van der Waals surface area contributed by atoms with Crippen molar-refractivity contribution in [3.8, 4) is 0 Å². The molecule has 0 aromatic carbocycles. The summed E-state index contributed by atoms with van der Waals surface area (Å²) in [5.74, 6) is 1.12. The second kappa shape index (κ2) is 5.30. The molecule has 0 radical (unpaired) electrons. The van der Waals surface area contributed by atoms with E-state index in [1.54, 1.807) is 11.8 Å². The Morgan fingerprint density at radius 2 is 1.72 bits per heavy atom. The third kappa shape index (κ3) is 2.68. The summed E-state index contributed by atoms with van der Waals surface area (Å²) in [5, 5.41) is 1.47. The van der Waals surface area contributed by atoms with Gasteiger partial charge in [-0.2, -0.15) is 15.0 Å². The van der Waals surface area contributed by atoms with Gasteiger partial charge in [0.15, 0.2) is 5.16 Å². The maximum Gasteiger partial charge on any atom is 0.231 e. The Bertz CT molecular complexity index is 413. The van der Waals surface area contributed by atoms with Crippen LogP contribution >= 0.6 is 11.8 Å². The molecule has 6 heteroatoms. The van der Waals surface area contributed by atoms with E-state index < -0.39 is 0 Å². The van der Waals surface area contributed by atoms with Gasteiger partial charge in [-0.1, -0.05) is 24.6 Å². The Morgan fingerprint density at radius 3 is 2.44 bits per heavy atom. The number of nitrogens with zero attached hydrogens (tertiary/aromatic N) is 4. The van der Waals surface area contributed by atoms with Crippen LogP contribution in [0, 0.1) is 0 Å². The number of nitrogen functional groups attached to an aromatic ring is 1. The first-order valence-electron chi connectivity index (χ1n) is 6.74. The van der Waals surface area contributed by atoms with Crippen molar-refractivity contribution in [2.24, 2.45) is 0 Å². The van der Waals surface area contributed by atoms with Crippen LogP contribution in [-0.4, -0.2) is 33.3 Å². The van der Waals surface area contributed by atoms with Crippen LogP contribution in [0.25, 0.3) is 0 Å². The Labute approximate surface area is 112 Å². The molecule has 2 N–H and O–H groups in total. The first-order valence-corrected chi connectivity index (χ1v) is 7.62. The summed E-state index contributed by atoms with van der Waals surface area (Å²) in [5.41, 5.74) is 5.80. The molecule has 3 rings (SSSR count). The van der Waals surface area contributed by atoms with Gasteiger partial charge in [0, 0.05) is 18.3 Å². The largest absolute Gasteiger partial charge is 0.368 e. The molecule has 1 saturated carbocycles. The van der Waals surface area contributed by atoms with Gasteiger partial charge in [-0.25, -0.2) is 0 Å². The zero-order chi connectivity index (χ0) is 12.4. The topological polar surface area (TPSA) is 67.9 Å². The highest BCUT2D eigenvalue weighted by atomic mass is 32.2. The quantitative estimate of drug-likeness (QED) is 0.902. The highest BCUT2D eigenvalue weighted by Gasteiger charge is 2.20. The molecule has 0 atom stereocenters. The van der Waals surface area contributed by atoms with Crippen LogP contribution in [0.2, 0.25) is 0 Å². The molecule has 2 aliphatic rings. The van der Waals surface area contributed by atoms with Gasteiger partial charge in [0.25, 0.3) is 0 Å². The summed E-state index contributed by atoms with van der Waals surface area (Å²) >= 11 is 1.77. The third-order valence-corrected chi connectivity index (χ3v) is 4.78. The Morgan fingerprint density at radius 1 is 1.00 bits per heavy atom. The fraction of sp³-hybridized carbons (Fsp3) is 0.750. The molecule has 0 unspecified atom stereocenters. The van der Waals surface area contributed by atoms with E-state index in [1.807, 2.05) is 0 Å². The predicted molar refractivity (Wildman–Crippen MR) is 73.8 cm³/mol. The zero-order valence-electron chi connectivity index (χ0n) is 10.5. The number of hydrogen-bond donors (Lipinski definition) is 1. The van der Waals surface area contributed by atoms with Crippen LogP contribution in [0.5, 0.6) is 0 Å². The predicted octanol–water partition coefficient (Wildman–Crippen LogP) is 2.09. The molecule has 1 aliphatic heterocycles. The molecule has 0 amide bonds. The van der Waals surface area contributed by atoms with Crippen LogP contribution < -0.4 is 10.6 Å². The lowest BCUT2D eigenvalue weighted by Crippen LogP contribution is -2.21. The lowest BCUT2D eigenvalue weighted by molar-refractivity contribution is 0.824. The molecular formula is C12H19N5S. The van der Waals surface area contributed by atoms with Crippen molar-refractivity contribution in [3.63, 3.8) is 0 Å². The Kier molecular flexibility index (Phi) is 3.54. The third-order valence-electron chi connectivity index (χ3n) is 3.58. The molecule has 1 aromatic rings. The molecule has 18 heavy (non-hydrogen) atoms. The summed E-state index contributed by atoms with van der Waals surface area (Å²) in [6, 6.07) is 0. The molecule has 1 aliphatic carbocycles. The average molecular weight is 265 g/mol. The van der Waals surface area contributed by atoms with Crippen molar-refractivity contribution in [3.05, 3.63) is 0 Å². The minimum atomic E-state index is 0.354. The van der Waals surface area contributed by atoms with E-state index >= 15 is 0 Å². The molecule has 5 nitrogen and oxygen atoms in total. The van der Waals surface area contributed by atoms with Gasteiger partial charge < -0.3 is 10.6 Å². The van der Waals surface area contributed by atoms with Gasteiger partial charge in [-0.3, -0.25) is 0 Å². The smallest absolute Gasteiger partial charge is 0.231 e. The monoisotopic (exact) mass is 265 g/mol. The van der Waals surface area contributed by atoms with Gasteiger partial charge in [0.2, 0.25) is 11.9 Å². The van der Waals surface area contributed by atoms with Crippen LogP contribution in [0.1, 0.15) is 38.5 Å². The molecule has 0 spiro atoms. The summed E-state index contributed by atoms with van der Waals surface area (Å²) in [4.78, 5) is 15.3. The van der Waals surface area contributed by atoms with Gasteiger partial charge in [0.1, 0.15) is 0 Å².